The highest BCUT2D eigenvalue weighted by Gasteiger charge is 2.25. The Balaban J connectivity index is 2.48. The van der Waals surface area contributed by atoms with Gasteiger partial charge in [-0.25, -0.2) is 0 Å². The molecule has 80 valence electrons. The van der Waals surface area contributed by atoms with E-state index in [0.29, 0.717) is 0 Å². The van der Waals surface area contributed by atoms with Crippen molar-refractivity contribution in [2.24, 2.45) is 5.92 Å². The molecule has 1 aliphatic rings. The van der Waals surface area contributed by atoms with Gasteiger partial charge >= 0.3 is 0 Å². The average molecular weight is 196 g/mol. The second-order valence-electron chi connectivity index (χ2n) is 4.73. The lowest BCUT2D eigenvalue weighted by Gasteiger charge is -2.29. The minimum Gasteiger partial charge on any atom is -0.374 e. The molecule has 0 bridgehead atoms. The minimum atomic E-state index is -0.0638. The Hall–Kier alpha value is -0.590. The number of hydrogen-bond donors (Lipinski definition) is 0. The second kappa shape index (κ2) is 4.77. The predicted molar refractivity (Wildman–Crippen MR) is 55.9 cm³/mol. The van der Waals surface area contributed by atoms with Crippen LogP contribution < -0.4 is 0 Å². The van der Waals surface area contributed by atoms with Crippen LogP contribution in [0.5, 0.6) is 0 Å². The molecular formula is C11H20N2O. The Kier molecular flexibility index (Phi) is 3.91. The number of hydrogen-bond acceptors (Lipinski definition) is 3. The average Bonchev–Trinajstić information content (AvgIpc) is 2.26. The summed E-state index contributed by atoms with van der Waals surface area (Å²) in [5, 5.41) is 8.76. The third-order valence-corrected chi connectivity index (χ3v) is 2.47. The topological polar surface area (TPSA) is 36.3 Å². The Labute approximate surface area is 86.6 Å². The molecule has 0 amide bonds. The summed E-state index contributed by atoms with van der Waals surface area (Å²) in [6.45, 7) is 9.88. The highest BCUT2D eigenvalue weighted by Crippen LogP contribution is 2.16. The molecule has 1 aliphatic heterocycles. The lowest BCUT2D eigenvalue weighted by Crippen LogP contribution is -2.40. The van der Waals surface area contributed by atoms with Gasteiger partial charge in [-0.3, -0.25) is 4.90 Å². The van der Waals surface area contributed by atoms with Crippen LogP contribution in [0.4, 0.5) is 0 Å². The summed E-state index contributed by atoms with van der Waals surface area (Å²) < 4.78 is 5.71. The van der Waals surface area contributed by atoms with Crippen LogP contribution in [0, 0.1) is 17.2 Å². The maximum atomic E-state index is 8.76. The molecule has 1 rings (SSSR count). The molecule has 1 saturated heterocycles. The fourth-order valence-corrected chi connectivity index (χ4v) is 1.88. The number of nitrogens with zero attached hydrogens (tertiary/aromatic N) is 2. The molecule has 0 aromatic heterocycles. The lowest BCUT2D eigenvalue weighted by molar-refractivity contribution is -0.0178. The Morgan fingerprint density at radius 1 is 1.57 bits per heavy atom. The van der Waals surface area contributed by atoms with Crippen LogP contribution in [0.2, 0.25) is 0 Å². The first-order valence-corrected chi connectivity index (χ1v) is 5.29. The van der Waals surface area contributed by atoms with E-state index < -0.39 is 0 Å². The van der Waals surface area contributed by atoms with E-state index in [2.05, 4.69) is 24.8 Å². The van der Waals surface area contributed by atoms with Gasteiger partial charge in [0.2, 0.25) is 0 Å². The van der Waals surface area contributed by atoms with Crippen molar-refractivity contribution in [1.29, 1.82) is 5.26 Å². The van der Waals surface area contributed by atoms with Crippen LogP contribution in [-0.4, -0.2) is 36.7 Å². The van der Waals surface area contributed by atoms with Crippen molar-refractivity contribution in [1.82, 2.24) is 4.90 Å². The van der Waals surface area contributed by atoms with Crippen molar-refractivity contribution in [3.05, 3.63) is 0 Å². The van der Waals surface area contributed by atoms with Crippen LogP contribution in [0.3, 0.4) is 0 Å². The third kappa shape index (κ3) is 3.65. The van der Waals surface area contributed by atoms with Gasteiger partial charge in [-0.15, -0.1) is 0 Å². The van der Waals surface area contributed by atoms with E-state index in [1.54, 1.807) is 0 Å². The van der Waals surface area contributed by atoms with Gasteiger partial charge in [0.05, 0.1) is 17.6 Å². The molecule has 1 atom stereocenters. The van der Waals surface area contributed by atoms with E-state index in [9.17, 15) is 0 Å². The zero-order valence-electron chi connectivity index (χ0n) is 9.42. The first-order valence-electron chi connectivity index (χ1n) is 5.29. The summed E-state index contributed by atoms with van der Waals surface area (Å²) >= 11 is 0. The van der Waals surface area contributed by atoms with E-state index in [4.69, 9.17) is 10.00 Å². The Morgan fingerprint density at radius 3 is 2.93 bits per heavy atom. The molecule has 0 spiro atoms. The molecule has 3 heteroatoms. The van der Waals surface area contributed by atoms with Crippen LogP contribution in [-0.2, 0) is 4.74 Å². The molecule has 1 fully saturated rings. The Morgan fingerprint density at radius 2 is 2.29 bits per heavy atom. The van der Waals surface area contributed by atoms with Crippen molar-refractivity contribution in [2.45, 2.75) is 32.8 Å². The van der Waals surface area contributed by atoms with Gasteiger partial charge in [-0.05, 0) is 27.2 Å². The van der Waals surface area contributed by atoms with Gasteiger partial charge in [0.25, 0.3) is 0 Å². The maximum Gasteiger partial charge on any atom is 0.0752 e. The molecule has 0 N–H and O–H groups in total. The fraction of sp³-hybridized carbons (Fsp3) is 0.909. The maximum absolute atomic E-state index is 8.76. The number of rotatable bonds is 2. The number of nitriles is 1. The monoisotopic (exact) mass is 196 g/mol. The second-order valence-corrected chi connectivity index (χ2v) is 4.73. The molecular weight excluding hydrogens is 176 g/mol. The molecule has 1 heterocycles. The summed E-state index contributed by atoms with van der Waals surface area (Å²) in [7, 11) is 0. The quantitative estimate of drug-likeness (QED) is 0.673. The van der Waals surface area contributed by atoms with Crippen LogP contribution >= 0.6 is 0 Å². The molecule has 0 aromatic rings. The van der Waals surface area contributed by atoms with E-state index in [1.165, 1.54) is 0 Å². The Bertz CT molecular complexity index is 220. The molecule has 0 aromatic carbocycles. The molecule has 14 heavy (non-hydrogen) atoms. The van der Waals surface area contributed by atoms with Gasteiger partial charge in [0.15, 0.2) is 0 Å². The standard InChI is InChI=1S/C11H20N2O/c1-10(7-12)8-13-5-4-6-14-11(2,3)9-13/h10H,4-6,8-9H2,1-3H3. The molecule has 3 nitrogen and oxygen atoms in total. The highest BCUT2D eigenvalue weighted by molar-refractivity contribution is 4.85. The first kappa shape index (κ1) is 11.5. The highest BCUT2D eigenvalue weighted by atomic mass is 16.5. The van der Waals surface area contributed by atoms with Crippen molar-refractivity contribution in [3.63, 3.8) is 0 Å². The van der Waals surface area contributed by atoms with Crippen molar-refractivity contribution < 1.29 is 4.74 Å². The normalized spacial score (nSPS) is 25.0. The lowest BCUT2D eigenvalue weighted by atomic mass is 10.1. The summed E-state index contributed by atoms with van der Waals surface area (Å²) in [6, 6.07) is 2.28. The van der Waals surface area contributed by atoms with Gasteiger partial charge in [0.1, 0.15) is 0 Å². The van der Waals surface area contributed by atoms with E-state index >= 15 is 0 Å². The van der Waals surface area contributed by atoms with Crippen LogP contribution in [0.25, 0.3) is 0 Å². The SMILES string of the molecule is CC(C#N)CN1CCCOC(C)(C)C1. The van der Waals surface area contributed by atoms with E-state index in [1.807, 2.05) is 6.92 Å². The van der Waals surface area contributed by atoms with Crippen molar-refractivity contribution >= 4 is 0 Å². The van der Waals surface area contributed by atoms with Gasteiger partial charge in [-0.1, -0.05) is 0 Å². The largest absolute Gasteiger partial charge is 0.374 e. The molecule has 0 radical (unpaired) electrons. The summed E-state index contributed by atoms with van der Waals surface area (Å²) in [5.41, 5.74) is -0.0638. The third-order valence-electron chi connectivity index (χ3n) is 2.47. The predicted octanol–water partition coefficient (Wildman–Crippen LogP) is 1.65. The summed E-state index contributed by atoms with van der Waals surface area (Å²) in [4.78, 5) is 2.33. The van der Waals surface area contributed by atoms with E-state index in [0.717, 1.165) is 32.7 Å². The fourth-order valence-electron chi connectivity index (χ4n) is 1.88. The number of ether oxygens (including phenoxy) is 1. The van der Waals surface area contributed by atoms with Crippen molar-refractivity contribution in [3.8, 4) is 6.07 Å². The van der Waals surface area contributed by atoms with Gasteiger partial charge in [-0.2, -0.15) is 5.26 Å². The summed E-state index contributed by atoms with van der Waals surface area (Å²) in [6.07, 6.45) is 1.07. The van der Waals surface area contributed by atoms with Crippen molar-refractivity contribution in [2.75, 3.05) is 26.2 Å². The van der Waals surface area contributed by atoms with Gasteiger partial charge in [0, 0.05) is 26.2 Å². The first-order chi connectivity index (χ1) is 6.53. The minimum absolute atomic E-state index is 0.0638. The molecule has 0 saturated carbocycles. The zero-order chi connectivity index (χ0) is 10.6. The van der Waals surface area contributed by atoms with Crippen LogP contribution in [0.1, 0.15) is 27.2 Å². The zero-order valence-corrected chi connectivity index (χ0v) is 9.42. The molecule has 0 aliphatic carbocycles. The smallest absolute Gasteiger partial charge is 0.0752 e. The van der Waals surface area contributed by atoms with Crippen LogP contribution in [0.15, 0.2) is 0 Å². The summed E-state index contributed by atoms with van der Waals surface area (Å²) in [5.74, 6) is 0.115. The van der Waals surface area contributed by atoms with E-state index in [-0.39, 0.29) is 11.5 Å². The van der Waals surface area contributed by atoms with Gasteiger partial charge < -0.3 is 4.74 Å². The molecule has 1 unspecified atom stereocenters.